The summed E-state index contributed by atoms with van der Waals surface area (Å²) in [4.78, 5) is 12.3. The highest BCUT2D eigenvalue weighted by atomic mass is 16.5. The summed E-state index contributed by atoms with van der Waals surface area (Å²) in [5.41, 5.74) is 6.15. The molecule has 0 spiro atoms. The Morgan fingerprint density at radius 1 is 1.48 bits per heavy atom. The van der Waals surface area contributed by atoms with E-state index in [9.17, 15) is 10.1 Å². The largest absolute Gasteiger partial charge is 0.440 e. The molecular formula is C16H16N2O3. The molecule has 3 rings (SSSR count). The van der Waals surface area contributed by atoms with Gasteiger partial charge in [0.15, 0.2) is 0 Å². The van der Waals surface area contributed by atoms with Gasteiger partial charge in [-0.15, -0.1) is 0 Å². The molecule has 0 bridgehead atoms. The maximum atomic E-state index is 12.3. The van der Waals surface area contributed by atoms with Crippen molar-refractivity contribution < 1.29 is 9.15 Å². The Morgan fingerprint density at radius 3 is 2.95 bits per heavy atom. The van der Waals surface area contributed by atoms with Crippen molar-refractivity contribution in [2.45, 2.75) is 32.1 Å². The minimum atomic E-state index is -0.450. The second-order valence-electron chi connectivity index (χ2n) is 5.41. The van der Waals surface area contributed by atoms with E-state index in [-0.39, 0.29) is 17.7 Å². The average molecular weight is 284 g/mol. The average Bonchev–Trinajstić information content (AvgIpc) is 2.46. The van der Waals surface area contributed by atoms with Crippen molar-refractivity contribution in [2.24, 2.45) is 11.7 Å². The van der Waals surface area contributed by atoms with Crippen molar-refractivity contribution in [1.82, 2.24) is 0 Å². The lowest BCUT2D eigenvalue weighted by molar-refractivity contribution is 0.344. The molecule has 0 aromatic carbocycles. The van der Waals surface area contributed by atoms with Crippen LogP contribution in [0.5, 0.6) is 5.75 Å². The molecule has 0 amide bonds. The summed E-state index contributed by atoms with van der Waals surface area (Å²) in [5, 5.41) is 9.41. The first kappa shape index (κ1) is 13.5. The van der Waals surface area contributed by atoms with Gasteiger partial charge >= 0.3 is 5.63 Å². The zero-order valence-electron chi connectivity index (χ0n) is 11.8. The molecule has 5 nitrogen and oxygen atoms in total. The summed E-state index contributed by atoms with van der Waals surface area (Å²) >= 11 is 0. The highest BCUT2D eigenvalue weighted by molar-refractivity contribution is 5.49. The topological polar surface area (TPSA) is 89.2 Å². The number of rotatable bonds is 1. The molecule has 0 unspecified atom stereocenters. The van der Waals surface area contributed by atoms with Crippen molar-refractivity contribution in [2.75, 3.05) is 0 Å². The Labute approximate surface area is 122 Å². The first-order valence-corrected chi connectivity index (χ1v) is 7.00. The fourth-order valence-corrected chi connectivity index (χ4v) is 3.10. The Hall–Kier alpha value is -2.48. The van der Waals surface area contributed by atoms with Gasteiger partial charge in [0.05, 0.1) is 11.1 Å². The summed E-state index contributed by atoms with van der Waals surface area (Å²) < 4.78 is 10.7. The lowest BCUT2D eigenvalue weighted by Gasteiger charge is -2.30. The SMILES string of the molecule is Cc1cc2c(c(=O)o1)[C@H]([C@@H]1C=CCCC1)C(C#N)=C(N)O2. The van der Waals surface area contributed by atoms with Crippen LogP contribution in [0.4, 0.5) is 0 Å². The molecule has 2 N–H and O–H groups in total. The quantitative estimate of drug-likeness (QED) is 0.800. The predicted octanol–water partition coefficient (Wildman–Crippen LogP) is 2.47. The van der Waals surface area contributed by atoms with Gasteiger partial charge in [-0.1, -0.05) is 12.2 Å². The van der Waals surface area contributed by atoms with E-state index in [1.54, 1.807) is 13.0 Å². The van der Waals surface area contributed by atoms with Gasteiger partial charge in [0.1, 0.15) is 17.6 Å². The molecule has 0 saturated heterocycles. The third-order valence-electron chi connectivity index (χ3n) is 4.02. The lowest BCUT2D eigenvalue weighted by atomic mass is 9.76. The second-order valence-corrected chi connectivity index (χ2v) is 5.41. The zero-order chi connectivity index (χ0) is 15.0. The van der Waals surface area contributed by atoms with E-state index >= 15 is 0 Å². The fraction of sp³-hybridized carbons (Fsp3) is 0.375. The van der Waals surface area contributed by atoms with Crippen LogP contribution in [0.25, 0.3) is 0 Å². The molecule has 2 atom stereocenters. The monoisotopic (exact) mass is 284 g/mol. The van der Waals surface area contributed by atoms with Gasteiger partial charge in [-0.2, -0.15) is 5.26 Å². The molecule has 0 radical (unpaired) electrons. The number of nitrogens with zero attached hydrogens (tertiary/aromatic N) is 1. The lowest BCUT2D eigenvalue weighted by Crippen LogP contribution is -2.29. The first-order valence-electron chi connectivity index (χ1n) is 7.00. The van der Waals surface area contributed by atoms with Crippen molar-refractivity contribution in [3.05, 3.63) is 51.4 Å². The summed E-state index contributed by atoms with van der Waals surface area (Å²) in [6, 6.07) is 3.75. The Kier molecular flexibility index (Phi) is 3.30. The molecule has 5 heteroatoms. The van der Waals surface area contributed by atoms with Crippen molar-refractivity contribution in [1.29, 1.82) is 5.26 Å². The third-order valence-corrected chi connectivity index (χ3v) is 4.02. The van der Waals surface area contributed by atoms with Gasteiger partial charge in [0, 0.05) is 12.0 Å². The van der Waals surface area contributed by atoms with Gasteiger partial charge in [-0.05, 0) is 32.1 Å². The molecule has 0 saturated carbocycles. The van der Waals surface area contributed by atoms with Crippen molar-refractivity contribution >= 4 is 0 Å². The minimum absolute atomic E-state index is 0.0696. The molecule has 108 valence electrons. The van der Waals surface area contributed by atoms with E-state index in [2.05, 4.69) is 18.2 Å². The van der Waals surface area contributed by atoms with Crippen LogP contribution in [0.3, 0.4) is 0 Å². The van der Waals surface area contributed by atoms with E-state index in [4.69, 9.17) is 14.9 Å². The Morgan fingerprint density at radius 2 is 2.29 bits per heavy atom. The second kappa shape index (κ2) is 5.13. The van der Waals surface area contributed by atoms with Crippen LogP contribution in [-0.4, -0.2) is 0 Å². The molecule has 0 fully saturated rings. The van der Waals surface area contributed by atoms with Crippen molar-refractivity contribution in [3.8, 4) is 11.8 Å². The van der Waals surface area contributed by atoms with E-state index in [1.807, 2.05) is 0 Å². The van der Waals surface area contributed by atoms with Crippen LogP contribution in [0.15, 0.2) is 38.9 Å². The smallest absolute Gasteiger partial charge is 0.343 e. The number of hydrogen-bond acceptors (Lipinski definition) is 5. The Balaban J connectivity index is 2.20. The number of fused-ring (bicyclic) bond motifs is 1. The third kappa shape index (κ3) is 2.23. The molecule has 1 aromatic rings. The number of ether oxygens (including phenoxy) is 1. The summed E-state index contributed by atoms with van der Waals surface area (Å²) in [6.45, 7) is 1.68. The fourth-order valence-electron chi connectivity index (χ4n) is 3.10. The van der Waals surface area contributed by atoms with Crippen LogP contribution < -0.4 is 16.1 Å². The van der Waals surface area contributed by atoms with Crippen LogP contribution in [-0.2, 0) is 0 Å². The van der Waals surface area contributed by atoms with Crippen LogP contribution >= 0.6 is 0 Å². The number of hydrogen-bond donors (Lipinski definition) is 1. The number of allylic oxidation sites excluding steroid dienone is 3. The van der Waals surface area contributed by atoms with Crippen LogP contribution in [0.2, 0.25) is 0 Å². The van der Waals surface area contributed by atoms with E-state index < -0.39 is 5.63 Å². The number of nitrogens with two attached hydrogens (primary N) is 1. The van der Waals surface area contributed by atoms with Gasteiger partial charge < -0.3 is 14.9 Å². The van der Waals surface area contributed by atoms with Crippen LogP contribution in [0, 0.1) is 24.2 Å². The zero-order valence-corrected chi connectivity index (χ0v) is 11.8. The number of aryl methyl sites for hydroxylation is 1. The maximum absolute atomic E-state index is 12.3. The molecule has 21 heavy (non-hydrogen) atoms. The molecule has 1 aliphatic carbocycles. The summed E-state index contributed by atoms with van der Waals surface area (Å²) in [5.74, 6) is 0.639. The molecule has 2 heterocycles. The standard InChI is InChI=1S/C16H16N2O3/c1-9-7-12-14(16(19)20-9)13(10-5-3-2-4-6-10)11(8-17)15(18)21-12/h3,5,7,10,13H,2,4,6,18H2,1H3/t10-,13-/m1/s1. The normalized spacial score (nSPS) is 24.2. The van der Waals surface area contributed by atoms with E-state index in [0.29, 0.717) is 22.6 Å². The van der Waals surface area contributed by atoms with Crippen LogP contribution in [0.1, 0.15) is 36.5 Å². The van der Waals surface area contributed by atoms with E-state index in [1.165, 1.54) is 0 Å². The predicted molar refractivity (Wildman–Crippen MR) is 76.4 cm³/mol. The van der Waals surface area contributed by atoms with Gasteiger partial charge in [-0.3, -0.25) is 0 Å². The molecule has 1 aliphatic heterocycles. The number of nitriles is 1. The highest BCUT2D eigenvalue weighted by Crippen LogP contribution is 2.43. The maximum Gasteiger partial charge on any atom is 0.343 e. The summed E-state index contributed by atoms with van der Waals surface area (Å²) in [6.07, 6.45) is 7.11. The highest BCUT2D eigenvalue weighted by Gasteiger charge is 2.37. The van der Waals surface area contributed by atoms with Gasteiger partial charge in [-0.25, -0.2) is 4.79 Å². The Bertz CT molecular complexity index is 737. The van der Waals surface area contributed by atoms with Crippen molar-refractivity contribution in [3.63, 3.8) is 0 Å². The first-order chi connectivity index (χ1) is 10.1. The summed E-state index contributed by atoms with van der Waals surface area (Å²) in [7, 11) is 0. The van der Waals surface area contributed by atoms with Gasteiger partial charge in [0.25, 0.3) is 0 Å². The molecule has 1 aromatic heterocycles. The molecular weight excluding hydrogens is 268 g/mol. The minimum Gasteiger partial charge on any atom is -0.440 e. The van der Waals surface area contributed by atoms with E-state index in [0.717, 1.165) is 19.3 Å². The molecule has 2 aliphatic rings. The van der Waals surface area contributed by atoms with Gasteiger partial charge in [0.2, 0.25) is 5.88 Å².